The number of hydrogen-bond donors (Lipinski definition) is 1. The quantitative estimate of drug-likeness (QED) is 0.870. The van der Waals surface area contributed by atoms with Crippen LogP contribution in [0.3, 0.4) is 0 Å². The molecule has 1 N–H and O–H groups in total. The van der Waals surface area contributed by atoms with Crippen LogP contribution >= 0.6 is 23.4 Å². The summed E-state index contributed by atoms with van der Waals surface area (Å²) in [6.45, 7) is 4.87. The number of hydrogen-bond acceptors (Lipinski definition) is 3. The van der Waals surface area contributed by atoms with E-state index < -0.39 is 5.60 Å². The van der Waals surface area contributed by atoms with Crippen LogP contribution in [0.15, 0.2) is 6.20 Å². The molecule has 15 heavy (non-hydrogen) atoms. The molecule has 0 saturated carbocycles. The van der Waals surface area contributed by atoms with E-state index in [0.717, 1.165) is 18.7 Å². The summed E-state index contributed by atoms with van der Waals surface area (Å²) in [6.07, 6.45) is 2.37. The van der Waals surface area contributed by atoms with Gasteiger partial charge in [0.05, 0.1) is 16.9 Å². The standard InChI is InChI=1S/C10H15ClN2OS/c1-3-13-9(8(11)5-12-13)10(14)4-7(2)15-6-10/h5,7,14H,3-4,6H2,1-2H3. The van der Waals surface area contributed by atoms with E-state index in [1.807, 2.05) is 6.92 Å². The van der Waals surface area contributed by atoms with E-state index in [-0.39, 0.29) is 0 Å². The molecule has 1 saturated heterocycles. The van der Waals surface area contributed by atoms with Crippen molar-refractivity contribution in [1.29, 1.82) is 0 Å². The molecule has 1 aliphatic rings. The second-order valence-electron chi connectivity index (χ2n) is 4.01. The third-order valence-corrected chi connectivity index (χ3v) is 4.42. The number of thioether (sulfide) groups is 1. The number of rotatable bonds is 2. The zero-order valence-electron chi connectivity index (χ0n) is 8.90. The molecule has 0 spiro atoms. The van der Waals surface area contributed by atoms with E-state index in [1.165, 1.54) is 0 Å². The Morgan fingerprint density at radius 3 is 3.07 bits per heavy atom. The SMILES string of the molecule is CCn1ncc(Cl)c1C1(O)CSC(C)C1. The molecule has 0 amide bonds. The first-order valence-electron chi connectivity index (χ1n) is 5.12. The Balaban J connectivity index is 2.39. The summed E-state index contributed by atoms with van der Waals surface area (Å²) in [5.74, 6) is 0.708. The Morgan fingerprint density at radius 2 is 2.53 bits per heavy atom. The lowest BCUT2D eigenvalue weighted by Crippen LogP contribution is -2.29. The van der Waals surface area contributed by atoms with Crippen LogP contribution in [0.25, 0.3) is 0 Å². The van der Waals surface area contributed by atoms with E-state index in [0.29, 0.717) is 16.0 Å². The van der Waals surface area contributed by atoms with Crippen molar-refractivity contribution in [1.82, 2.24) is 9.78 Å². The minimum absolute atomic E-state index is 0.478. The highest BCUT2D eigenvalue weighted by molar-refractivity contribution is 8.00. The van der Waals surface area contributed by atoms with E-state index >= 15 is 0 Å². The Bertz CT molecular complexity index is 368. The van der Waals surface area contributed by atoms with Gasteiger partial charge in [-0.05, 0) is 13.3 Å². The average molecular weight is 247 g/mol. The van der Waals surface area contributed by atoms with Crippen molar-refractivity contribution in [3.63, 3.8) is 0 Å². The molecule has 84 valence electrons. The second-order valence-corrected chi connectivity index (χ2v) is 5.85. The van der Waals surface area contributed by atoms with E-state index in [2.05, 4.69) is 12.0 Å². The van der Waals surface area contributed by atoms with Crippen LogP contribution in [-0.4, -0.2) is 25.9 Å². The molecule has 2 unspecified atom stereocenters. The van der Waals surface area contributed by atoms with E-state index in [1.54, 1.807) is 22.6 Å². The van der Waals surface area contributed by atoms with Crippen LogP contribution < -0.4 is 0 Å². The fourth-order valence-electron chi connectivity index (χ4n) is 2.10. The number of aryl methyl sites for hydroxylation is 1. The fourth-order valence-corrected chi connectivity index (χ4v) is 3.63. The highest BCUT2D eigenvalue weighted by Crippen LogP contribution is 2.43. The lowest BCUT2D eigenvalue weighted by molar-refractivity contribution is 0.0517. The van der Waals surface area contributed by atoms with Crippen LogP contribution in [0.4, 0.5) is 0 Å². The Morgan fingerprint density at radius 1 is 1.80 bits per heavy atom. The van der Waals surface area contributed by atoms with Crippen LogP contribution in [0.2, 0.25) is 5.02 Å². The van der Waals surface area contributed by atoms with Crippen molar-refractivity contribution >= 4 is 23.4 Å². The summed E-state index contributed by atoms with van der Waals surface area (Å²) in [6, 6.07) is 0. The molecule has 2 atom stereocenters. The zero-order valence-corrected chi connectivity index (χ0v) is 10.5. The van der Waals surface area contributed by atoms with Gasteiger partial charge in [0.1, 0.15) is 5.60 Å². The second kappa shape index (κ2) is 4.00. The normalized spacial score (nSPS) is 31.1. The molecule has 0 radical (unpaired) electrons. The lowest BCUT2D eigenvalue weighted by Gasteiger charge is -2.23. The molecule has 0 aromatic carbocycles. The predicted molar refractivity (Wildman–Crippen MR) is 63.3 cm³/mol. The van der Waals surface area contributed by atoms with Crippen molar-refractivity contribution in [3.05, 3.63) is 16.9 Å². The van der Waals surface area contributed by atoms with Crippen LogP contribution in [0.1, 0.15) is 26.0 Å². The third-order valence-electron chi connectivity index (χ3n) is 2.77. The van der Waals surface area contributed by atoms with Gasteiger partial charge in [0.2, 0.25) is 0 Å². The van der Waals surface area contributed by atoms with Crippen LogP contribution in [0, 0.1) is 0 Å². The Labute approximate surface area is 98.8 Å². The third kappa shape index (κ3) is 1.90. The van der Waals surface area contributed by atoms with Crippen LogP contribution in [0.5, 0.6) is 0 Å². The van der Waals surface area contributed by atoms with Gasteiger partial charge in [-0.3, -0.25) is 4.68 Å². The molecular weight excluding hydrogens is 232 g/mol. The van der Waals surface area contributed by atoms with Crippen molar-refractivity contribution in [2.45, 2.75) is 37.7 Å². The summed E-state index contributed by atoms with van der Waals surface area (Å²) in [7, 11) is 0. The van der Waals surface area contributed by atoms with Crippen molar-refractivity contribution < 1.29 is 5.11 Å². The van der Waals surface area contributed by atoms with E-state index in [9.17, 15) is 5.11 Å². The summed E-state index contributed by atoms with van der Waals surface area (Å²) >= 11 is 7.87. The van der Waals surface area contributed by atoms with E-state index in [4.69, 9.17) is 11.6 Å². The topological polar surface area (TPSA) is 38.0 Å². The first kappa shape index (κ1) is 11.3. The van der Waals surface area contributed by atoms with Crippen molar-refractivity contribution in [3.8, 4) is 0 Å². The lowest BCUT2D eigenvalue weighted by atomic mass is 9.96. The molecule has 2 rings (SSSR count). The molecule has 3 nitrogen and oxygen atoms in total. The minimum atomic E-state index is -0.798. The summed E-state index contributed by atoms with van der Waals surface area (Å²) in [5.41, 5.74) is -0.0169. The minimum Gasteiger partial charge on any atom is -0.383 e. The molecule has 0 aliphatic carbocycles. The summed E-state index contributed by atoms with van der Waals surface area (Å²) in [5, 5.41) is 15.8. The largest absolute Gasteiger partial charge is 0.383 e. The Hall–Kier alpha value is -0.190. The van der Waals surface area contributed by atoms with Crippen LogP contribution in [-0.2, 0) is 12.1 Å². The van der Waals surface area contributed by atoms with Gasteiger partial charge in [-0.15, -0.1) is 0 Å². The maximum absolute atomic E-state index is 10.5. The maximum Gasteiger partial charge on any atom is 0.118 e. The molecule has 1 aromatic rings. The molecule has 0 bridgehead atoms. The Kier molecular flexibility index (Phi) is 3.01. The van der Waals surface area contributed by atoms with Crippen molar-refractivity contribution in [2.24, 2.45) is 0 Å². The molecule has 5 heteroatoms. The van der Waals surface area contributed by atoms with Gasteiger partial charge in [0, 0.05) is 17.5 Å². The van der Waals surface area contributed by atoms with Gasteiger partial charge in [0.25, 0.3) is 0 Å². The fraction of sp³-hybridized carbons (Fsp3) is 0.700. The average Bonchev–Trinajstić information content (AvgIpc) is 2.71. The molecular formula is C10H15ClN2OS. The van der Waals surface area contributed by atoms with Gasteiger partial charge in [-0.1, -0.05) is 18.5 Å². The predicted octanol–water partition coefficient (Wildman–Crippen LogP) is 2.27. The number of aliphatic hydroxyl groups is 1. The summed E-state index contributed by atoms with van der Waals surface area (Å²) < 4.78 is 1.79. The maximum atomic E-state index is 10.5. The van der Waals surface area contributed by atoms with Crippen molar-refractivity contribution in [2.75, 3.05) is 5.75 Å². The molecule has 2 heterocycles. The highest BCUT2D eigenvalue weighted by atomic mass is 35.5. The molecule has 1 fully saturated rings. The summed E-state index contributed by atoms with van der Waals surface area (Å²) in [4.78, 5) is 0. The highest BCUT2D eigenvalue weighted by Gasteiger charge is 2.41. The zero-order chi connectivity index (χ0) is 11.1. The van der Waals surface area contributed by atoms with Gasteiger partial charge in [-0.2, -0.15) is 16.9 Å². The van der Waals surface area contributed by atoms with Gasteiger partial charge in [-0.25, -0.2) is 0 Å². The number of halogens is 1. The first-order valence-corrected chi connectivity index (χ1v) is 6.55. The molecule has 1 aliphatic heterocycles. The van der Waals surface area contributed by atoms with Gasteiger partial charge in [0.15, 0.2) is 0 Å². The molecule has 1 aromatic heterocycles. The van der Waals surface area contributed by atoms with Gasteiger partial charge >= 0.3 is 0 Å². The van der Waals surface area contributed by atoms with Gasteiger partial charge < -0.3 is 5.11 Å². The smallest absolute Gasteiger partial charge is 0.118 e. The monoisotopic (exact) mass is 246 g/mol. The first-order chi connectivity index (χ1) is 7.07. The number of aromatic nitrogens is 2. The number of nitrogens with zero attached hydrogens (tertiary/aromatic N) is 2.